The Kier molecular flexibility index (Phi) is 4.22. The summed E-state index contributed by atoms with van der Waals surface area (Å²) in [5.74, 6) is 0.262. The number of likely N-dealkylation sites (tertiary alicyclic amines) is 1. The summed E-state index contributed by atoms with van der Waals surface area (Å²) < 4.78 is 1.77. The van der Waals surface area contributed by atoms with E-state index in [1.807, 2.05) is 18.2 Å². The maximum absolute atomic E-state index is 12.2. The zero-order valence-electron chi connectivity index (χ0n) is 9.20. The molecule has 17 heavy (non-hydrogen) atoms. The molecule has 5 heteroatoms. The maximum atomic E-state index is 12.2. The monoisotopic (exact) mass is 361 g/mol. The Morgan fingerprint density at radius 3 is 2.53 bits per heavy atom. The first-order chi connectivity index (χ1) is 8.10. The second-order valence-corrected chi connectivity index (χ2v) is 6.08. The number of hydrogen-bond acceptors (Lipinski definition) is 2. The Morgan fingerprint density at radius 2 is 2.00 bits per heavy atom. The van der Waals surface area contributed by atoms with E-state index in [2.05, 4.69) is 31.9 Å². The molecular weight excluding hydrogens is 350 g/mol. The molecule has 92 valence electrons. The van der Waals surface area contributed by atoms with E-state index in [1.54, 1.807) is 4.90 Å². The molecule has 1 N–H and O–H groups in total. The molecule has 0 bridgehead atoms. The van der Waals surface area contributed by atoms with Crippen molar-refractivity contribution in [3.8, 4) is 0 Å². The van der Waals surface area contributed by atoms with Gasteiger partial charge in [-0.15, -0.1) is 0 Å². The molecule has 0 radical (unpaired) electrons. The Bertz CT molecular complexity index is 416. The fraction of sp³-hybridized carbons (Fsp3) is 0.417. The van der Waals surface area contributed by atoms with Crippen molar-refractivity contribution in [2.24, 2.45) is 5.92 Å². The van der Waals surface area contributed by atoms with E-state index in [-0.39, 0.29) is 18.4 Å². The van der Waals surface area contributed by atoms with Gasteiger partial charge in [0, 0.05) is 40.1 Å². The van der Waals surface area contributed by atoms with Gasteiger partial charge in [-0.1, -0.05) is 31.9 Å². The van der Waals surface area contributed by atoms with Crippen LogP contribution in [-0.4, -0.2) is 35.6 Å². The second kappa shape index (κ2) is 5.50. The fourth-order valence-corrected chi connectivity index (χ4v) is 3.32. The lowest BCUT2D eigenvalue weighted by Gasteiger charge is -2.16. The van der Waals surface area contributed by atoms with E-state index in [1.165, 1.54) is 0 Å². The lowest BCUT2D eigenvalue weighted by molar-refractivity contribution is 0.0781. The molecule has 0 saturated carbocycles. The predicted molar refractivity (Wildman–Crippen MR) is 72.9 cm³/mol. The Labute approximate surface area is 117 Å². The third-order valence-corrected chi connectivity index (χ3v) is 3.86. The molecule has 1 fully saturated rings. The number of aliphatic hydroxyl groups excluding tert-OH is 1. The average molecular weight is 363 g/mol. The number of benzene rings is 1. The van der Waals surface area contributed by atoms with Crippen LogP contribution in [0.1, 0.15) is 16.8 Å². The summed E-state index contributed by atoms with van der Waals surface area (Å²) in [4.78, 5) is 14.0. The van der Waals surface area contributed by atoms with Gasteiger partial charge in [0.25, 0.3) is 5.91 Å². The fourth-order valence-electron chi connectivity index (χ4n) is 2.03. The van der Waals surface area contributed by atoms with E-state index < -0.39 is 0 Å². The first kappa shape index (κ1) is 13.1. The Hall–Kier alpha value is -0.390. The van der Waals surface area contributed by atoms with Crippen molar-refractivity contribution >= 4 is 37.8 Å². The number of aliphatic hydroxyl groups is 1. The molecule has 0 aliphatic carbocycles. The Balaban J connectivity index is 2.14. The third-order valence-electron chi connectivity index (χ3n) is 2.94. The average Bonchev–Trinajstić information content (AvgIpc) is 2.75. The zero-order chi connectivity index (χ0) is 12.4. The van der Waals surface area contributed by atoms with Crippen molar-refractivity contribution in [3.63, 3.8) is 0 Å². The first-order valence-corrected chi connectivity index (χ1v) is 7.05. The molecule has 2 rings (SSSR count). The van der Waals surface area contributed by atoms with Crippen molar-refractivity contribution in [1.82, 2.24) is 4.90 Å². The first-order valence-electron chi connectivity index (χ1n) is 5.46. The summed E-state index contributed by atoms with van der Waals surface area (Å²) in [5.41, 5.74) is 0.671. The van der Waals surface area contributed by atoms with E-state index in [9.17, 15) is 4.79 Å². The normalized spacial score (nSPS) is 19.7. The maximum Gasteiger partial charge on any atom is 0.253 e. The van der Waals surface area contributed by atoms with Gasteiger partial charge in [0.1, 0.15) is 0 Å². The Morgan fingerprint density at radius 1 is 1.35 bits per heavy atom. The van der Waals surface area contributed by atoms with Crippen LogP contribution in [0, 0.1) is 5.92 Å². The van der Waals surface area contributed by atoms with E-state index in [4.69, 9.17) is 5.11 Å². The quantitative estimate of drug-likeness (QED) is 0.878. The number of nitrogens with zero attached hydrogens (tertiary/aromatic N) is 1. The van der Waals surface area contributed by atoms with E-state index in [0.717, 1.165) is 21.9 Å². The lowest BCUT2D eigenvalue weighted by atomic mass is 10.1. The zero-order valence-corrected chi connectivity index (χ0v) is 12.4. The number of carbonyl (C=O) groups is 1. The summed E-state index contributed by atoms with van der Waals surface area (Å²) in [6.07, 6.45) is 0.886. The topological polar surface area (TPSA) is 40.5 Å². The molecule has 1 atom stereocenters. The van der Waals surface area contributed by atoms with Gasteiger partial charge in [-0.2, -0.15) is 0 Å². The summed E-state index contributed by atoms with van der Waals surface area (Å²) in [6.45, 7) is 1.54. The number of hydrogen-bond donors (Lipinski definition) is 1. The van der Waals surface area contributed by atoms with Gasteiger partial charge < -0.3 is 10.0 Å². The van der Waals surface area contributed by atoms with Gasteiger partial charge in [-0.05, 0) is 24.6 Å². The van der Waals surface area contributed by atoms with Crippen molar-refractivity contribution in [1.29, 1.82) is 0 Å². The number of halogens is 2. The van der Waals surface area contributed by atoms with Crippen molar-refractivity contribution in [3.05, 3.63) is 32.7 Å². The van der Waals surface area contributed by atoms with Crippen LogP contribution in [0.15, 0.2) is 27.1 Å². The highest BCUT2D eigenvalue weighted by atomic mass is 79.9. The van der Waals surface area contributed by atoms with Crippen LogP contribution in [0.2, 0.25) is 0 Å². The van der Waals surface area contributed by atoms with Crippen molar-refractivity contribution < 1.29 is 9.90 Å². The van der Waals surface area contributed by atoms with Gasteiger partial charge in [0.2, 0.25) is 0 Å². The minimum Gasteiger partial charge on any atom is -0.396 e. The van der Waals surface area contributed by atoms with Crippen molar-refractivity contribution in [2.45, 2.75) is 6.42 Å². The SMILES string of the molecule is O=C(c1cc(Br)cc(Br)c1)N1CCC(CO)C1. The number of amides is 1. The number of carbonyl (C=O) groups excluding carboxylic acids is 1. The highest BCUT2D eigenvalue weighted by Gasteiger charge is 2.26. The van der Waals surface area contributed by atoms with Crippen LogP contribution in [-0.2, 0) is 0 Å². The molecule has 0 aromatic heterocycles. The molecule has 0 spiro atoms. The summed E-state index contributed by atoms with van der Waals surface area (Å²) >= 11 is 6.75. The van der Waals surface area contributed by atoms with Gasteiger partial charge in [0.05, 0.1) is 0 Å². The number of rotatable bonds is 2. The van der Waals surface area contributed by atoms with Crippen LogP contribution in [0.3, 0.4) is 0 Å². The molecule has 1 amide bonds. The van der Waals surface area contributed by atoms with Crippen LogP contribution >= 0.6 is 31.9 Å². The molecule has 1 aromatic rings. The molecule has 1 heterocycles. The van der Waals surface area contributed by atoms with Crippen LogP contribution in [0.25, 0.3) is 0 Å². The van der Waals surface area contributed by atoms with E-state index in [0.29, 0.717) is 12.1 Å². The minimum atomic E-state index is 0.0305. The van der Waals surface area contributed by atoms with Crippen LogP contribution in [0.4, 0.5) is 0 Å². The highest BCUT2D eigenvalue weighted by molar-refractivity contribution is 9.11. The largest absolute Gasteiger partial charge is 0.396 e. The smallest absolute Gasteiger partial charge is 0.253 e. The standard InChI is InChI=1S/C12H13Br2NO2/c13-10-3-9(4-11(14)5-10)12(17)15-2-1-8(6-15)7-16/h3-5,8,16H,1-2,6-7H2. The van der Waals surface area contributed by atoms with Crippen molar-refractivity contribution in [2.75, 3.05) is 19.7 Å². The molecule has 1 aliphatic rings. The van der Waals surface area contributed by atoms with Gasteiger partial charge >= 0.3 is 0 Å². The predicted octanol–water partition coefficient (Wildman–Crippen LogP) is 2.67. The summed E-state index contributed by atoms with van der Waals surface area (Å²) in [5, 5.41) is 9.07. The summed E-state index contributed by atoms with van der Waals surface area (Å²) in [6, 6.07) is 5.54. The van der Waals surface area contributed by atoms with Gasteiger partial charge in [-0.25, -0.2) is 0 Å². The highest BCUT2D eigenvalue weighted by Crippen LogP contribution is 2.23. The molecule has 3 nitrogen and oxygen atoms in total. The molecule has 1 aromatic carbocycles. The third kappa shape index (κ3) is 3.09. The molecule has 1 unspecified atom stereocenters. The van der Waals surface area contributed by atoms with Crippen LogP contribution in [0.5, 0.6) is 0 Å². The molecule has 1 saturated heterocycles. The lowest BCUT2D eigenvalue weighted by Crippen LogP contribution is -2.29. The molecule has 1 aliphatic heterocycles. The second-order valence-electron chi connectivity index (χ2n) is 4.25. The van der Waals surface area contributed by atoms with Gasteiger partial charge in [0.15, 0.2) is 0 Å². The van der Waals surface area contributed by atoms with E-state index >= 15 is 0 Å². The molecular formula is C12H13Br2NO2. The van der Waals surface area contributed by atoms with Gasteiger partial charge in [-0.3, -0.25) is 4.79 Å². The minimum absolute atomic E-state index is 0.0305. The van der Waals surface area contributed by atoms with Crippen LogP contribution < -0.4 is 0 Å². The summed E-state index contributed by atoms with van der Waals surface area (Å²) in [7, 11) is 0.